The molecule has 2 bridgehead atoms. The molecule has 0 aliphatic heterocycles. The van der Waals surface area contributed by atoms with E-state index in [1.54, 1.807) is 0 Å². The van der Waals surface area contributed by atoms with Crippen molar-refractivity contribution in [1.82, 2.24) is 0 Å². The molecule has 0 aromatic rings. The summed E-state index contributed by atoms with van der Waals surface area (Å²) in [6.45, 7) is 8.91. The summed E-state index contributed by atoms with van der Waals surface area (Å²) < 4.78 is 0. The molecular formula is C10H18S. The molecule has 1 heteroatoms. The van der Waals surface area contributed by atoms with Gasteiger partial charge in [0.2, 0.25) is 0 Å². The van der Waals surface area contributed by atoms with Crippen LogP contribution < -0.4 is 0 Å². The molecule has 2 aliphatic rings. The molecule has 2 atom stereocenters. The SMILES string of the molecule is C=C1C2CCC(C2)C1(C)C.S. The van der Waals surface area contributed by atoms with E-state index in [0.717, 1.165) is 11.8 Å². The van der Waals surface area contributed by atoms with Gasteiger partial charge < -0.3 is 0 Å². The Morgan fingerprint density at radius 2 is 2.00 bits per heavy atom. The highest BCUT2D eigenvalue weighted by Gasteiger charge is 2.47. The summed E-state index contributed by atoms with van der Waals surface area (Å²) in [6.07, 6.45) is 4.31. The Morgan fingerprint density at radius 1 is 1.36 bits per heavy atom. The number of allylic oxidation sites excluding steroid dienone is 1. The van der Waals surface area contributed by atoms with Crippen LogP contribution in [0.15, 0.2) is 12.2 Å². The van der Waals surface area contributed by atoms with E-state index in [9.17, 15) is 0 Å². The van der Waals surface area contributed by atoms with Gasteiger partial charge in [0.05, 0.1) is 0 Å². The Balaban J connectivity index is 0.000000605. The van der Waals surface area contributed by atoms with Crippen LogP contribution in [-0.4, -0.2) is 0 Å². The van der Waals surface area contributed by atoms with E-state index < -0.39 is 0 Å². The third-order valence-corrected chi connectivity index (χ3v) is 3.77. The van der Waals surface area contributed by atoms with Gasteiger partial charge in [-0.15, -0.1) is 0 Å². The molecule has 64 valence electrons. The lowest BCUT2D eigenvalue weighted by Crippen LogP contribution is -2.21. The lowest BCUT2D eigenvalue weighted by molar-refractivity contribution is 0.289. The largest absolute Gasteiger partial charge is 0.197 e. The molecule has 0 saturated heterocycles. The predicted octanol–water partition coefficient (Wildman–Crippen LogP) is 3.11. The second kappa shape index (κ2) is 2.55. The molecular weight excluding hydrogens is 152 g/mol. The summed E-state index contributed by atoms with van der Waals surface area (Å²) >= 11 is 0. The monoisotopic (exact) mass is 170 g/mol. The van der Waals surface area contributed by atoms with Gasteiger partial charge in [-0.3, -0.25) is 0 Å². The predicted molar refractivity (Wildman–Crippen MR) is 54.1 cm³/mol. The van der Waals surface area contributed by atoms with Crippen LogP contribution in [0.2, 0.25) is 0 Å². The fraction of sp³-hybridized carbons (Fsp3) is 0.800. The summed E-state index contributed by atoms with van der Waals surface area (Å²) in [5.41, 5.74) is 2.01. The minimum absolute atomic E-state index is 0. The molecule has 0 amide bonds. The molecule has 2 saturated carbocycles. The van der Waals surface area contributed by atoms with Crippen LogP contribution in [0, 0.1) is 17.3 Å². The van der Waals surface area contributed by atoms with Gasteiger partial charge in [0.25, 0.3) is 0 Å². The van der Waals surface area contributed by atoms with Gasteiger partial charge in [0.1, 0.15) is 0 Å². The Bertz CT molecular complexity index is 181. The molecule has 0 heterocycles. The van der Waals surface area contributed by atoms with Crippen molar-refractivity contribution >= 4 is 13.5 Å². The maximum atomic E-state index is 4.19. The van der Waals surface area contributed by atoms with Crippen LogP contribution >= 0.6 is 13.5 Å². The highest BCUT2D eigenvalue weighted by Crippen LogP contribution is 2.58. The third kappa shape index (κ3) is 1.05. The fourth-order valence-electron chi connectivity index (χ4n) is 2.74. The molecule has 0 aromatic heterocycles. The van der Waals surface area contributed by atoms with Gasteiger partial charge in [-0.1, -0.05) is 26.0 Å². The first-order chi connectivity index (χ1) is 4.62. The van der Waals surface area contributed by atoms with Gasteiger partial charge in [-0.2, -0.15) is 13.5 Å². The maximum Gasteiger partial charge on any atom is -0.0116 e. The highest BCUT2D eigenvalue weighted by molar-refractivity contribution is 7.59. The number of fused-ring (bicyclic) bond motifs is 2. The fourth-order valence-corrected chi connectivity index (χ4v) is 2.74. The van der Waals surface area contributed by atoms with E-state index in [4.69, 9.17) is 0 Å². The zero-order chi connectivity index (χ0) is 7.35. The summed E-state index contributed by atoms with van der Waals surface area (Å²) in [5, 5.41) is 0. The summed E-state index contributed by atoms with van der Waals surface area (Å²) in [4.78, 5) is 0. The molecule has 0 nitrogen and oxygen atoms in total. The van der Waals surface area contributed by atoms with Gasteiger partial charge >= 0.3 is 0 Å². The number of hydrogen-bond donors (Lipinski definition) is 0. The second-order valence-corrected chi connectivity index (χ2v) is 4.45. The molecule has 11 heavy (non-hydrogen) atoms. The van der Waals surface area contributed by atoms with E-state index in [-0.39, 0.29) is 13.5 Å². The average molecular weight is 170 g/mol. The highest BCUT2D eigenvalue weighted by atomic mass is 32.1. The van der Waals surface area contributed by atoms with Crippen molar-refractivity contribution in [2.75, 3.05) is 0 Å². The Morgan fingerprint density at radius 3 is 2.27 bits per heavy atom. The molecule has 2 unspecified atom stereocenters. The van der Waals surface area contributed by atoms with Crippen molar-refractivity contribution in [2.45, 2.75) is 33.1 Å². The summed E-state index contributed by atoms with van der Waals surface area (Å²) in [6, 6.07) is 0. The van der Waals surface area contributed by atoms with Crippen molar-refractivity contribution in [1.29, 1.82) is 0 Å². The van der Waals surface area contributed by atoms with Crippen molar-refractivity contribution in [2.24, 2.45) is 17.3 Å². The standard InChI is InChI=1S/C10H16.H2S/c1-7-8-4-5-9(6-8)10(7,2)3;/h8-9H,1,4-6H2,2-3H3;1H2. The van der Waals surface area contributed by atoms with Crippen LogP contribution in [0.1, 0.15) is 33.1 Å². The minimum atomic E-state index is 0. The molecule has 2 fully saturated rings. The van der Waals surface area contributed by atoms with E-state index in [2.05, 4.69) is 20.4 Å². The van der Waals surface area contributed by atoms with Crippen LogP contribution in [0.25, 0.3) is 0 Å². The molecule has 0 spiro atoms. The van der Waals surface area contributed by atoms with Crippen molar-refractivity contribution < 1.29 is 0 Å². The van der Waals surface area contributed by atoms with Gasteiger partial charge in [-0.25, -0.2) is 0 Å². The summed E-state index contributed by atoms with van der Waals surface area (Å²) in [5.74, 6) is 1.85. The topological polar surface area (TPSA) is 0 Å². The van der Waals surface area contributed by atoms with Crippen LogP contribution in [0.4, 0.5) is 0 Å². The zero-order valence-corrected chi connectivity index (χ0v) is 8.48. The minimum Gasteiger partial charge on any atom is -0.197 e. The normalized spacial score (nSPS) is 38.9. The lowest BCUT2D eigenvalue weighted by Gasteiger charge is -2.31. The molecule has 0 radical (unpaired) electrons. The maximum absolute atomic E-state index is 4.19. The van der Waals surface area contributed by atoms with Gasteiger partial charge in [-0.05, 0) is 36.5 Å². The van der Waals surface area contributed by atoms with Crippen LogP contribution in [0.3, 0.4) is 0 Å². The third-order valence-electron chi connectivity index (χ3n) is 3.77. The molecule has 2 rings (SSSR count). The summed E-state index contributed by atoms with van der Waals surface area (Å²) in [7, 11) is 0. The van der Waals surface area contributed by atoms with Crippen LogP contribution in [-0.2, 0) is 0 Å². The van der Waals surface area contributed by atoms with Crippen molar-refractivity contribution in [3.05, 3.63) is 12.2 Å². The lowest BCUT2D eigenvalue weighted by atomic mass is 9.73. The Hall–Kier alpha value is 0.0900. The van der Waals surface area contributed by atoms with E-state index in [1.165, 1.54) is 24.8 Å². The Kier molecular flexibility index (Phi) is 2.13. The zero-order valence-electron chi connectivity index (χ0n) is 7.48. The first-order valence-corrected chi connectivity index (χ1v) is 4.31. The molecule has 0 N–H and O–H groups in total. The second-order valence-electron chi connectivity index (χ2n) is 4.45. The first kappa shape index (κ1) is 9.18. The quantitative estimate of drug-likeness (QED) is 0.490. The van der Waals surface area contributed by atoms with Crippen molar-refractivity contribution in [3.8, 4) is 0 Å². The number of hydrogen-bond acceptors (Lipinski definition) is 0. The average Bonchev–Trinajstić information content (AvgIpc) is 2.37. The first-order valence-electron chi connectivity index (χ1n) is 4.31. The van der Waals surface area contributed by atoms with Crippen LogP contribution in [0.5, 0.6) is 0 Å². The molecule has 0 aromatic carbocycles. The van der Waals surface area contributed by atoms with E-state index >= 15 is 0 Å². The van der Waals surface area contributed by atoms with E-state index in [0.29, 0.717) is 5.41 Å². The van der Waals surface area contributed by atoms with Gasteiger partial charge in [0, 0.05) is 0 Å². The van der Waals surface area contributed by atoms with Gasteiger partial charge in [0.15, 0.2) is 0 Å². The van der Waals surface area contributed by atoms with Crippen molar-refractivity contribution in [3.63, 3.8) is 0 Å². The Labute approximate surface area is 76.5 Å². The van der Waals surface area contributed by atoms with E-state index in [1.807, 2.05) is 0 Å². The molecule has 2 aliphatic carbocycles. The smallest absolute Gasteiger partial charge is 0.0116 e. The number of rotatable bonds is 0.